The van der Waals surface area contributed by atoms with E-state index in [0.717, 1.165) is 25.5 Å². The predicted molar refractivity (Wildman–Crippen MR) is 80.5 cm³/mol. The number of benzene rings is 1. The molecule has 4 nitrogen and oxygen atoms in total. The first-order valence-corrected chi connectivity index (χ1v) is 6.80. The Morgan fingerprint density at radius 2 is 1.79 bits per heavy atom. The normalized spacial score (nSPS) is 10.5. The number of aromatic nitrogens is 2. The highest BCUT2D eigenvalue weighted by Crippen LogP contribution is 2.15. The van der Waals surface area contributed by atoms with E-state index in [2.05, 4.69) is 53.4 Å². The SMILES string of the molecule is CCN(CC)c1ccc(CNc2ccn(C)n2)cc1. The van der Waals surface area contributed by atoms with E-state index < -0.39 is 0 Å². The Kier molecular flexibility index (Phi) is 4.44. The highest BCUT2D eigenvalue weighted by atomic mass is 15.3. The third-order valence-corrected chi connectivity index (χ3v) is 3.25. The molecule has 0 aliphatic rings. The summed E-state index contributed by atoms with van der Waals surface area (Å²) in [6.07, 6.45) is 1.94. The van der Waals surface area contributed by atoms with Crippen molar-refractivity contribution in [3.63, 3.8) is 0 Å². The Bertz CT molecular complexity index is 497. The predicted octanol–water partition coefficient (Wildman–Crippen LogP) is 2.88. The lowest BCUT2D eigenvalue weighted by atomic mass is 10.2. The molecular weight excluding hydrogens is 236 g/mol. The van der Waals surface area contributed by atoms with Gasteiger partial charge in [0.05, 0.1) is 0 Å². The zero-order valence-corrected chi connectivity index (χ0v) is 11.9. The molecule has 1 aromatic carbocycles. The van der Waals surface area contributed by atoms with Gasteiger partial charge in [0.25, 0.3) is 0 Å². The van der Waals surface area contributed by atoms with Gasteiger partial charge in [-0.3, -0.25) is 4.68 Å². The number of rotatable bonds is 6. The first-order valence-electron chi connectivity index (χ1n) is 6.80. The molecule has 0 atom stereocenters. The van der Waals surface area contributed by atoms with Crippen LogP contribution in [0.4, 0.5) is 11.5 Å². The minimum absolute atomic E-state index is 0.801. The van der Waals surface area contributed by atoms with Gasteiger partial charge in [0.15, 0.2) is 0 Å². The number of hydrogen-bond donors (Lipinski definition) is 1. The van der Waals surface area contributed by atoms with Gasteiger partial charge in [-0.2, -0.15) is 5.10 Å². The molecular formula is C15H22N4. The van der Waals surface area contributed by atoms with E-state index in [1.807, 2.05) is 19.3 Å². The third kappa shape index (κ3) is 3.50. The van der Waals surface area contributed by atoms with Crippen LogP contribution >= 0.6 is 0 Å². The van der Waals surface area contributed by atoms with Crippen molar-refractivity contribution in [3.05, 3.63) is 42.1 Å². The zero-order valence-electron chi connectivity index (χ0n) is 11.9. The second-order valence-corrected chi connectivity index (χ2v) is 4.57. The van der Waals surface area contributed by atoms with Crippen molar-refractivity contribution in [2.75, 3.05) is 23.3 Å². The monoisotopic (exact) mass is 258 g/mol. The van der Waals surface area contributed by atoms with Gasteiger partial charge in [0.2, 0.25) is 0 Å². The van der Waals surface area contributed by atoms with Gasteiger partial charge in [0, 0.05) is 44.6 Å². The van der Waals surface area contributed by atoms with Crippen molar-refractivity contribution >= 4 is 11.5 Å². The largest absolute Gasteiger partial charge is 0.372 e. The van der Waals surface area contributed by atoms with Gasteiger partial charge in [0.1, 0.15) is 5.82 Å². The lowest BCUT2D eigenvalue weighted by Crippen LogP contribution is -2.21. The zero-order chi connectivity index (χ0) is 13.7. The van der Waals surface area contributed by atoms with Gasteiger partial charge < -0.3 is 10.2 Å². The van der Waals surface area contributed by atoms with Crippen LogP contribution in [0.15, 0.2) is 36.5 Å². The average molecular weight is 258 g/mol. The maximum Gasteiger partial charge on any atom is 0.148 e. The first kappa shape index (κ1) is 13.5. The van der Waals surface area contributed by atoms with Gasteiger partial charge in [-0.05, 0) is 31.5 Å². The topological polar surface area (TPSA) is 33.1 Å². The number of nitrogens with zero attached hydrogens (tertiary/aromatic N) is 3. The molecule has 0 bridgehead atoms. The molecule has 0 spiro atoms. The second kappa shape index (κ2) is 6.27. The lowest BCUT2D eigenvalue weighted by Gasteiger charge is -2.21. The summed E-state index contributed by atoms with van der Waals surface area (Å²) in [7, 11) is 1.92. The Hall–Kier alpha value is -1.97. The van der Waals surface area contributed by atoms with Crippen LogP contribution in [0, 0.1) is 0 Å². The summed E-state index contributed by atoms with van der Waals surface area (Å²) in [5.41, 5.74) is 2.55. The van der Waals surface area contributed by atoms with Crippen molar-refractivity contribution < 1.29 is 0 Å². The van der Waals surface area contributed by atoms with E-state index in [1.54, 1.807) is 4.68 Å². The minimum atomic E-state index is 0.801. The molecule has 2 rings (SSSR count). The fourth-order valence-electron chi connectivity index (χ4n) is 2.12. The molecule has 1 aromatic heterocycles. The van der Waals surface area contributed by atoms with E-state index in [4.69, 9.17) is 0 Å². The summed E-state index contributed by atoms with van der Waals surface area (Å²) in [6.45, 7) is 7.25. The molecule has 0 radical (unpaired) electrons. The Balaban J connectivity index is 1.95. The van der Waals surface area contributed by atoms with Gasteiger partial charge in [-0.25, -0.2) is 0 Å². The molecule has 0 amide bonds. The second-order valence-electron chi connectivity index (χ2n) is 4.57. The van der Waals surface area contributed by atoms with E-state index >= 15 is 0 Å². The number of anilines is 2. The summed E-state index contributed by atoms with van der Waals surface area (Å²) in [6, 6.07) is 10.7. The van der Waals surface area contributed by atoms with Gasteiger partial charge in [-0.1, -0.05) is 12.1 Å². The summed E-state index contributed by atoms with van der Waals surface area (Å²) in [5, 5.41) is 7.61. The van der Waals surface area contributed by atoms with Crippen LogP contribution in [0.5, 0.6) is 0 Å². The number of hydrogen-bond acceptors (Lipinski definition) is 3. The van der Waals surface area contributed by atoms with E-state index in [1.165, 1.54) is 11.3 Å². The van der Waals surface area contributed by atoms with Crippen LogP contribution in [0.2, 0.25) is 0 Å². The van der Waals surface area contributed by atoms with Gasteiger partial charge in [-0.15, -0.1) is 0 Å². The van der Waals surface area contributed by atoms with Crippen molar-refractivity contribution in [1.82, 2.24) is 9.78 Å². The molecule has 4 heteroatoms. The average Bonchev–Trinajstić information content (AvgIpc) is 2.85. The molecule has 0 unspecified atom stereocenters. The van der Waals surface area contributed by atoms with E-state index in [-0.39, 0.29) is 0 Å². The van der Waals surface area contributed by atoms with Crippen molar-refractivity contribution in [1.29, 1.82) is 0 Å². The summed E-state index contributed by atoms with van der Waals surface area (Å²) < 4.78 is 1.80. The highest BCUT2D eigenvalue weighted by Gasteiger charge is 2.01. The Morgan fingerprint density at radius 1 is 1.11 bits per heavy atom. The molecule has 0 fully saturated rings. The maximum absolute atomic E-state index is 4.30. The summed E-state index contributed by atoms with van der Waals surface area (Å²) in [5.74, 6) is 0.912. The molecule has 2 aromatic rings. The van der Waals surface area contributed by atoms with Crippen LogP contribution in [0.25, 0.3) is 0 Å². The summed E-state index contributed by atoms with van der Waals surface area (Å²) in [4.78, 5) is 2.34. The number of nitrogens with one attached hydrogen (secondary N) is 1. The van der Waals surface area contributed by atoms with Crippen molar-refractivity contribution in [2.24, 2.45) is 7.05 Å². The standard InChI is InChI=1S/C15H22N4/c1-4-19(5-2)14-8-6-13(7-9-14)12-16-15-10-11-18(3)17-15/h6-11H,4-5,12H2,1-3H3,(H,16,17). The quantitative estimate of drug-likeness (QED) is 0.865. The van der Waals surface area contributed by atoms with Crippen molar-refractivity contribution in [2.45, 2.75) is 20.4 Å². The van der Waals surface area contributed by atoms with Crippen LogP contribution in [0.3, 0.4) is 0 Å². The summed E-state index contributed by atoms with van der Waals surface area (Å²) >= 11 is 0. The molecule has 1 N–H and O–H groups in total. The van der Waals surface area contributed by atoms with Crippen molar-refractivity contribution in [3.8, 4) is 0 Å². The highest BCUT2D eigenvalue weighted by molar-refractivity contribution is 5.48. The van der Waals surface area contributed by atoms with E-state index in [0.29, 0.717) is 0 Å². The molecule has 0 saturated heterocycles. The third-order valence-electron chi connectivity index (χ3n) is 3.25. The van der Waals surface area contributed by atoms with Crippen LogP contribution in [0.1, 0.15) is 19.4 Å². The smallest absolute Gasteiger partial charge is 0.148 e. The molecule has 0 aliphatic heterocycles. The van der Waals surface area contributed by atoms with Crippen LogP contribution in [-0.4, -0.2) is 22.9 Å². The Morgan fingerprint density at radius 3 is 2.32 bits per heavy atom. The fourth-order valence-corrected chi connectivity index (χ4v) is 2.12. The lowest BCUT2D eigenvalue weighted by molar-refractivity contribution is 0.768. The van der Waals surface area contributed by atoms with E-state index in [9.17, 15) is 0 Å². The molecule has 102 valence electrons. The number of aryl methyl sites for hydroxylation is 1. The first-order chi connectivity index (χ1) is 9.22. The maximum atomic E-state index is 4.30. The molecule has 0 saturated carbocycles. The van der Waals surface area contributed by atoms with Crippen LogP contribution in [-0.2, 0) is 13.6 Å². The minimum Gasteiger partial charge on any atom is -0.372 e. The Labute approximate surface area is 115 Å². The van der Waals surface area contributed by atoms with Crippen LogP contribution < -0.4 is 10.2 Å². The van der Waals surface area contributed by atoms with Gasteiger partial charge >= 0.3 is 0 Å². The fraction of sp³-hybridized carbons (Fsp3) is 0.400. The molecule has 0 aliphatic carbocycles. The molecule has 1 heterocycles. The molecule has 19 heavy (non-hydrogen) atoms.